The van der Waals surface area contributed by atoms with Crippen LogP contribution in [0.3, 0.4) is 0 Å². The van der Waals surface area contributed by atoms with Gasteiger partial charge in [0.1, 0.15) is 11.5 Å². The molecule has 0 saturated heterocycles. The number of carbonyl (C=O) groups is 1. The second-order valence-corrected chi connectivity index (χ2v) is 4.25. The highest BCUT2D eigenvalue weighted by atomic mass is 16.5. The summed E-state index contributed by atoms with van der Waals surface area (Å²) in [5, 5.41) is 0. The van der Waals surface area contributed by atoms with Crippen molar-refractivity contribution in [2.24, 2.45) is 0 Å². The highest BCUT2D eigenvalue weighted by molar-refractivity contribution is 5.89. The molecule has 2 aromatic carbocycles. The maximum atomic E-state index is 11.2. The van der Waals surface area contributed by atoms with E-state index >= 15 is 0 Å². The van der Waals surface area contributed by atoms with Gasteiger partial charge in [-0.25, -0.2) is 0 Å². The Kier molecular flexibility index (Phi) is 3.85. The maximum absolute atomic E-state index is 11.2. The lowest BCUT2D eigenvalue weighted by atomic mass is 9.96. The summed E-state index contributed by atoms with van der Waals surface area (Å²) in [6.45, 7) is 1.99. The van der Waals surface area contributed by atoms with Gasteiger partial charge in [0.2, 0.25) is 0 Å². The molecule has 2 rings (SSSR count). The smallest absolute Gasteiger partial charge is 0.150 e. The minimum atomic E-state index is 0.647. The Bertz CT molecular complexity index is 603. The third kappa shape index (κ3) is 2.60. The number of hydrogen-bond donors (Lipinski definition) is 0. The molecule has 0 aliphatic heterocycles. The SMILES string of the molecule is COc1ccc(-c2cc(OC)ccc2C=O)c(C)c1. The van der Waals surface area contributed by atoms with Crippen LogP contribution in [0.2, 0.25) is 0 Å². The average molecular weight is 256 g/mol. The zero-order valence-electron chi connectivity index (χ0n) is 11.3. The molecule has 0 saturated carbocycles. The second kappa shape index (κ2) is 5.57. The maximum Gasteiger partial charge on any atom is 0.150 e. The topological polar surface area (TPSA) is 35.5 Å². The number of ether oxygens (including phenoxy) is 2. The van der Waals surface area contributed by atoms with Crippen LogP contribution in [0.1, 0.15) is 15.9 Å². The fourth-order valence-electron chi connectivity index (χ4n) is 2.06. The first-order chi connectivity index (χ1) is 9.19. The first kappa shape index (κ1) is 13.1. The van der Waals surface area contributed by atoms with Crippen molar-refractivity contribution in [3.63, 3.8) is 0 Å². The Morgan fingerprint density at radius 3 is 2.11 bits per heavy atom. The van der Waals surface area contributed by atoms with Gasteiger partial charge in [-0.15, -0.1) is 0 Å². The predicted molar refractivity (Wildman–Crippen MR) is 75.1 cm³/mol. The molecule has 2 aromatic rings. The van der Waals surface area contributed by atoms with Crippen molar-refractivity contribution in [3.05, 3.63) is 47.5 Å². The van der Waals surface area contributed by atoms with Crippen molar-refractivity contribution in [2.75, 3.05) is 14.2 Å². The largest absolute Gasteiger partial charge is 0.497 e. The van der Waals surface area contributed by atoms with E-state index in [0.717, 1.165) is 34.5 Å². The summed E-state index contributed by atoms with van der Waals surface area (Å²) in [4.78, 5) is 11.2. The van der Waals surface area contributed by atoms with E-state index in [0.29, 0.717) is 5.56 Å². The molecule has 0 aliphatic carbocycles. The van der Waals surface area contributed by atoms with Crippen LogP contribution in [-0.4, -0.2) is 20.5 Å². The van der Waals surface area contributed by atoms with Crippen LogP contribution in [0.4, 0.5) is 0 Å². The lowest BCUT2D eigenvalue weighted by molar-refractivity contribution is 0.112. The van der Waals surface area contributed by atoms with Gasteiger partial charge in [0.15, 0.2) is 6.29 Å². The molecular formula is C16H16O3. The highest BCUT2D eigenvalue weighted by Crippen LogP contribution is 2.31. The van der Waals surface area contributed by atoms with Crippen LogP contribution >= 0.6 is 0 Å². The molecule has 0 unspecified atom stereocenters. The molecule has 0 aliphatic rings. The fourth-order valence-corrected chi connectivity index (χ4v) is 2.06. The summed E-state index contributed by atoms with van der Waals surface area (Å²) in [5.74, 6) is 1.53. The van der Waals surface area contributed by atoms with Crippen molar-refractivity contribution in [1.29, 1.82) is 0 Å². The first-order valence-corrected chi connectivity index (χ1v) is 5.98. The van der Waals surface area contributed by atoms with Crippen molar-refractivity contribution < 1.29 is 14.3 Å². The normalized spacial score (nSPS) is 10.1. The molecule has 98 valence electrons. The standard InChI is InChI=1S/C16H16O3/c1-11-8-13(18-2)6-7-15(11)16-9-14(19-3)5-4-12(16)10-17/h4-10H,1-3H3. The van der Waals surface area contributed by atoms with E-state index in [1.807, 2.05) is 31.2 Å². The summed E-state index contributed by atoms with van der Waals surface area (Å²) >= 11 is 0. The zero-order valence-corrected chi connectivity index (χ0v) is 11.3. The summed E-state index contributed by atoms with van der Waals surface area (Å²) in [6, 6.07) is 11.2. The quantitative estimate of drug-likeness (QED) is 0.785. The van der Waals surface area contributed by atoms with E-state index in [2.05, 4.69) is 0 Å². The summed E-state index contributed by atoms with van der Waals surface area (Å²) in [7, 11) is 3.25. The van der Waals surface area contributed by atoms with Gasteiger partial charge in [0, 0.05) is 5.56 Å². The fraction of sp³-hybridized carbons (Fsp3) is 0.188. The van der Waals surface area contributed by atoms with Gasteiger partial charge in [-0.2, -0.15) is 0 Å². The molecule has 0 atom stereocenters. The van der Waals surface area contributed by atoms with Crippen molar-refractivity contribution in [3.8, 4) is 22.6 Å². The van der Waals surface area contributed by atoms with Crippen LogP contribution in [0.5, 0.6) is 11.5 Å². The van der Waals surface area contributed by atoms with Crippen LogP contribution in [-0.2, 0) is 0 Å². The highest BCUT2D eigenvalue weighted by Gasteiger charge is 2.09. The summed E-state index contributed by atoms with van der Waals surface area (Å²) < 4.78 is 10.4. The van der Waals surface area contributed by atoms with E-state index in [1.165, 1.54) is 0 Å². The van der Waals surface area contributed by atoms with Crippen LogP contribution in [0.15, 0.2) is 36.4 Å². The molecule has 0 heterocycles. The summed E-state index contributed by atoms with van der Waals surface area (Å²) in [5.41, 5.74) is 3.57. The molecule has 0 bridgehead atoms. The molecular weight excluding hydrogens is 240 g/mol. The van der Waals surface area contributed by atoms with Gasteiger partial charge >= 0.3 is 0 Å². The van der Waals surface area contributed by atoms with E-state index in [1.54, 1.807) is 26.4 Å². The van der Waals surface area contributed by atoms with Crippen LogP contribution in [0.25, 0.3) is 11.1 Å². The Morgan fingerprint density at radius 2 is 1.53 bits per heavy atom. The minimum absolute atomic E-state index is 0.647. The Morgan fingerprint density at radius 1 is 0.895 bits per heavy atom. The number of benzene rings is 2. The number of methoxy groups -OCH3 is 2. The molecule has 19 heavy (non-hydrogen) atoms. The van der Waals surface area contributed by atoms with E-state index in [4.69, 9.17) is 9.47 Å². The average Bonchev–Trinajstić information content (AvgIpc) is 2.46. The first-order valence-electron chi connectivity index (χ1n) is 5.98. The number of hydrogen-bond acceptors (Lipinski definition) is 3. The molecule has 0 spiro atoms. The van der Waals surface area contributed by atoms with Gasteiger partial charge in [-0.05, 0) is 53.9 Å². The monoisotopic (exact) mass is 256 g/mol. The lowest BCUT2D eigenvalue weighted by Crippen LogP contribution is -1.93. The Labute approximate surface area is 112 Å². The lowest BCUT2D eigenvalue weighted by Gasteiger charge is -2.11. The predicted octanol–water partition coefficient (Wildman–Crippen LogP) is 3.49. The van der Waals surface area contributed by atoms with Gasteiger partial charge in [0.05, 0.1) is 14.2 Å². The van der Waals surface area contributed by atoms with Crippen molar-refractivity contribution >= 4 is 6.29 Å². The molecule has 3 nitrogen and oxygen atoms in total. The van der Waals surface area contributed by atoms with Crippen LogP contribution in [0, 0.1) is 6.92 Å². The molecule has 0 aromatic heterocycles. The van der Waals surface area contributed by atoms with Gasteiger partial charge in [-0.1, -0.05) is 6.07 Å². The van der Waals surface area contributed by atoms with Gasteiger partial charge in [0.25, 0.3) is 0 Å². The Balaban J connectivity index is 2.59. The summed E-state index contributed by atoms with van der Waals surface area (Å²) in [6.07, 6.45) is 0.860. The van der Waals surface area contributed by atoms with E-state index < -0.39 is 0 Å². The van der Waals surface area contributed by atoms with Crippen LogP contribution < -0.4 is 9.47 Å². The molecule has 0 fully saturated rings. The zero-order chi connectivity index (χ0) is 13.8. The van der Waals surface area contributed by atoms with Gasteiger partial charge < -0.3 is 9.47 Å². The molecule has 0 N–H and O–H groups in total. The van der Waals surface area contributed by atoms with Crippen molar-refractivity contribution in [2.45, 2.75) is 6.92 Å². The van der Waals surface area contributed by atoms with E-state index in [-0.39, 0.29) is 0 Å². The number of carbonyl (C=O) groups excluding carboxylic acids is 1. The third-order valence-electron chi connectivity index (χ3n) is 3.11. The molecule has 0 radical (unpaired) electrons. The molecule has 0 amide bonds. The molecule has 3 heteroatoms. The number of aryl methyl sites for hydroxylation is 1. The van der Waals surface area contributed by atoms with Gasteiger partial charge in [-0.3, -0.25) is 4.79 Å². The Hall–Kier alpha value is -2.29. The third-order valence-corrected chi connectivity index (χ3v) is 3.11. The van der Waals surface area contributed by atoms with E-state index in [9.17, 15) is 4.79 Å². The minimum Gasteiger partial charge on any atom is -0.497 e. The number of aldehydes is 1. The van der Waals surface area contributed by atoms with Crippen molar-refractivity contribution in [1.82, 2.24) is 0 Å². The second-order valence-electron chi connectivity index (χ2n) is 4.25. The number of rotatable bonds is 4.